The van der Waals surface area contributed by atoms with E-state index in [1.54, 1.807) is 24.1 Å². The van der Waals surface area contributed by atoms with Gasteiger partial charge in [-0.1, -0.05) is 19.1 Å². The van der Waals surface area contributed by atoms with Crippen LogP contribution in [0.25, 0.3) is 0 Å². The van der Waals surface area contributed by atoms with Crippen LogP contribution in [-0.4, -0.2) is 42.2 Å². The molecule has 2 atom stereocenters. The number of para-hydroxylation sites is 1. The smallest absolute Gasteiger partial charge is 0.257 e. The van der Waals surface area contributed by atoms with Crippen LogP contribution in [0.4, 0.5) is 0 Å². The van der Waals surface area contributed by atoms with Gasteiger partial charge in [0.2, 0.25) is 0 Å². The average molecular weight is 249 g/mol. The summed E-state index contributed by atoms with van der Waals surface area (Å²) in [4.78, 5) is 14.2. The summed E-state index contributed by atoms with van der Waals surface area (Å²) in [5.41, 5.74) is 0.587. The predicted octanol–water partition coefficient (Wildman–Crippen LogP) is 1.54. The minimum absolute atomic E-state index is 0.0220. The molecule has 1 N–H and O–H groups in total. The second-order valence-electron chi connectivity index (χ2n) is 4.78. The second kappa shape index (κ2) is 5.40. The summed E-state index contributed by atoms with van der Waals surface area (Å²) in [6.45, 7) is 3.16. The number of hydrogen-bond acceptors (Lipinski definition) is 3. The lowest BCUT2D eigenvalue weighted by atomic mass is 9.96. The van der Waals surface area contributed by atoms with Gasteiger partial charge in [0, 0.05) is 13.1 Å². The summed E-state index contributed by atoms with van der Waals surface area (Å²) in [6, 6.07) is 7.24. The van der Waals surface area contributed by atoms with E-state index in [1.807, 2.05) is 19.1 Å². The first-order valence-electron chi connectivity index (χ1n) is 6.24. The van der Waals surface area contributed by atoms with Crippen LogP contribution in [0.5, 0.6) is 5.75 Å². The maximum Gasteiger partial charge on any atom is 0.257 e. The van der Waals surface area contributed by atoms with Crippen molar-refractivity contribution in [3.63, 3.8) is 0 Å². The Hall–Kier alpha value is -1.55. The van der Waals surface area contributed by atoms with Gasteiger partial charge in [-0.3, -0.25) is 4.79 Å². The standard InChI is InChI=1S/C14H19NO3/c1-10-9-15(8-7-12(10)16)14(17)11-5-3-4-6-13(11)18-2/h3-6,10,12,16H,7-9H2,1-2H3. The number of hydrogen-bond donors (Lipinski definition) is 1. The van der Waals surface area contributed by atoms with E-state index in [1.165, 1.54) is 0 Å². The molecular formula is C14H19NO3. The zero-order valence-electron chi connectivity index (χ0n) is 10.8. The molecule has 0 aromatic heterocycles. The zero-order chi connectivity index (χ0) is 13.1. The Morgan fingerprint density at radius 3 is 2.83 bits per heavy atom. The highest BCUT2D eigenvalue weighted by atomic mass is 16.5. The number of aliphatic hydroxyl groups excluding tert-OH is 1. The van der Waals surface area contributed by atoms with Crippen LogP contribution < -0.4 is 4.74 Å². The fourth-order valence-electron chi connectivity index (χ4n) is 2.31. The third kappa shape index (κ3) is 2.48. The normalized spacial score (nSPS) is 23.8. The van der Waals surface area contributed by atoms with Crippen molar-refractivity contribution in [2.45, 2.75) is 19.4 Å². The largest absolute Gasteiger partial charge is 0.496 e. The number of carbonyl (C=O) groups is 1. The zero-order valence-corrected chi connectivity index (χ0v) is 10.8. The molecule has 1 aliphatic rings. The maximum absolute atomic E-state index is 12.4. The van der Waals surface area contributed by atoms with Gasteiger partial charge in [-0.05, 0) is 24.5 Å². The lowest BCUT2D eigenvalue weighted by molar-refractivity contribution is 0.0296. The molecule has 98 valence electrons. The molecule has 1 amide bonds. The van der Waals surface area contributed by atoms with Gasteiger partial charge in [-0.15, -0.1) is 0 Å². The third-order valence-electron chi connectivity index (χ3n) is 3.48. The van der Waals surface area contributed by atoms with Crippen molar-refractivity contribution in [2.75, 3.05) is 20.2 Å². The molecule has 18 heavy (non-hydrogen) atoms. The van der Waals surface area contributed by atoms with Gasteiger partial charge in [0.25, 0.3) is 5.91 Å². The number of rotatable bonds is 2. The van der Waals surface area contributed by atoms with Crippen LogP contribution in [0.3, 0.4) is 0 Å². The number of nitrogens with zero attached hydrogens (tertiary/aromatic N) is 1. The Kier molecular flexibility index (Phi) is 3.87. The first-order valence-corrected chi connectivity index (χ1v) is 6.24. The molecule has 0 saturated carbocycles. The van der Waals surface area contributed by atoms with E-state index >= 15 is 0 Å². The number of piperidine rings is 1. The van der Waals surface area contributed by atoms with Crippen molar-refractivity contribution in [1.29, 1.82) is 0 Å². The number of likely N-dealkylation sites (tertiary alicyclic amines) is 1. The van der Waals surface area contributed by atoms with Gasteiger partial charge in [0.15, 0.2) is 0 Å². The van der Waals surface area contributed by atoms with E-state index < -0.39 is 0 Å². The fourth-order valence-corrected chi connectivity index (χ4v) is 2.31. The molecule has 0 spiro atoms. The highest BCUT2D eigenvalue weighted by molar-refractivity contribution is 5.97. The van der Waals surface area contributed by atoms with E-state index in [4.69, 9.17) is 4.74 Å². The SMILES string of the molecule is COc1ccccc1C(=O)N1CCC(O)C(C)C1. The minimum Gasteiger partial charge on any atom is -0.496 e. The first kappa shape index (κ1) is 12.9. The van der Waals surface area contributed by atoms with E-state index in [-0.39, 0.29) is 17.9 Å². The highest BCUT2D eigenvalue weighted by Crippen LogP contribution is 2.23. The molecule has 1 aromatic rings. The molecule has 4 heteroatoms. The molecule has 2 unspecified atom stereocenters. The van der Waals surface area contributed by atoms with Crippen LogP contribution >= 0.6 is 0 Å². The molecule has 2 rings (SSSR count). The first-order chi connectivity index (χ1) is 8.63. The molecular weight excluding hydrogens is 230 g/mol. The van der Waals surface area contributed by atoms with Crippen LogP contribution in [0.15, 0.2) is 24.3 Å². The quantitative estimate of drug-likeness (QED) is 0.865. The molecule has 1 aromatic carbocycles. The minimum atomic E-state index is -0.299. The van der Waals surface area contributed by atoms with Crippen molar-refractivity contribution in [3.05, 3.63) is 29.8 Å². The van der Waals surface area contributed by atoms with Crippen molar-refractivity contribution in [1.82, 2.24) is 4.90 Å². The van der Waals surface area contributed by atoms with E-state index in [9.17, 15) is 9.90 Å². The van der Waals surface area contributed by atoms with Crippen molar-refractivity contribution >= 4 is 5.91 Å². The molecule has 0 radical (unpaired) electrons. The molecule has 1 fully saturated rings. The molecule has 1 aliphatic heterocycles. The summed E-state index contributed by atoms with van der Waals surface area (Å²) in [6.07, 6.45) is 0.342. The second-order valence-corrected chi connectivity index (χ2v) is 4.78. The van der Waals surface area contributed by atoms with Gasteiger partial charge in [-0.25, -0.2) is 0 Å². The van der Waals surface area contributed by atoms with Gasteiger partial charge in [0.05, 0.1) is 18.8 Å². The van der Waals surface area contributed by atoms with E-state index in [2.05, 4.69) is 0 Å². The van der Waals surface area contributed by atoms with Gasteiger partial charge >= 0.3 is 0 Å². The van der Waals surface area contributed by atoms with Crippen LogP contribution in [0, 0.1) is 5.92 Å². The lowest BCUT2D eigenvalue weighted by Crippen LogP contribution is -2.45. The lowest BCUT2D eigenvalue weighted by Gasteiger charge is -2.34. The Balaban J connectivity index is 2.16. The summed E-state index contributed by atoms with van der Waals surface area (Å²) in [5, 5.41) is 9.69. The van der Waals surface area contributed by atoms with Crippen molar-refractivity contribution < 1.29 is 14.6 Å². The Bertz CT molecular complexity index is 433. The predicted molar refractivity (Wildman–Crippen MR) is 68.7 cm³/mol. The third-order valence-corrected chi connectivity index (χ3v) is 3.48. The topological polar surface area (TPSA) is 49.8 Å². The molecule has 1 heterocycles. The van der Waals surface area contributed by atoms with Crippen LogP contribution in [-0.2, 0) is 0 Å². The number of carbonyl (C=O) groups excluding carboxylic acids is 1. The number of ether oxygens (including phenoxy) is 1. The molecule has 0 aliphatic carbocycles. The van der Waals surface area contributed by atoms with Gasteiger partial charge in [-0.2, -0.15) is 0 Å². The Morgan fingerprint density at radius 1 is 1.44 bits per heavy atom. The van der Waals surface area contributed by atoms with E-state index in [0.29, 0.717) is 30.8 Å². The van der Waals surface area contributed by atoms with E-state index in [0.717, 1.165) is 0 Å². The molecule has 0 bridgehead atoms. The number of methoxy groups -OCH3 is 1. The van der Waals surface area contributed by atoms with Crippen molar-refractivity contribution in [3.8, 4) is 5.75 Å². The highest BCUT2D eigenvalue weighted by Gasteiger charge is 2.28. The Labute approximate surface area is 107 Å². The fraction of sp³-hybridized carbons (Fsp3) is 0.500. The average Bonchev–Trinajstić information content (AvgIpc) is 2.41. The summed E-state index contributed by atoms with van der Waals surface area (Å²) in [5.74, 6) is 0.699. The number of amides is 1. The van der Waals surface area contributed by atoms with Crippen LogP contribution in [0.2, 0.25) is 0 Å². The summed E-state index contributed by atoms with van der Waals surface area (Å²) in [7, 11) is 1.56. The number of aliphatic hydroxyl groups is 1. The summed E-state index contributed by atoms with van der Waals surface area (Å²) < 4.78 is 5.21. The maximum atomic E-state index is 12.4. The monoisotopic (exact) mass is 249 g/mol. The van der Waals surface area contributed by atoms with Gasteiger partial charge < -0.3 is 14.7 Å². The van der Waals surface area contributed by atoms with Crippen molar-refractivity contribution in [2.24, 2.45) is 5.92 Å². The molecule has 1 saturated heterocycles. The van der Waals surface area contributed by atoms with Gasteiger partial charge in [0.1, 0.15) is 5.75 Å². The van der Waals surface area contributed by atoms with Crippen LogP contribution in [0.1, 0.15) is 23.7 Å². The number of benzene rings is 1. The Morgan fingerprint density at radius 2 is 2.17 bits per heavy atom. The summed E-state index contributed by atoms with van der Waals surface area (Å²) >= 11 is 0. The molecule has 4 nitrogen and oxygen atoms in total.